The molecule has 1 aromatic carbocycles. The molecule has 7 heteroatoms. The second kappa shape index (κ2) is 9.23. The van der Waals surface area contributed by atoms with E-state index in [9.17, 15) is 0 Å². The van der Waals surface area contributed by atoms with Gasteiger partial charge in [-0.05, 0) is 62.2 Å². The third-order valence-corrected chi connectivity index (χ3v) is 8.29. The molecule has 29 heavy (non-hydrogen) atoms. The number of aromatic nitrogens is 2. The van der Waals surface area contributed by atoms with Gasteiger partial charge in [0.05, 0.1) is 6.61 Å². The van der Waals surface area contributed by atoms with E-state index in [1.807, 2.05) is 0 Å². The lowest BCUT2D eigenvalue weighted by molar-refractivity contribution is 0.0260. The highest BCUT2D eigenvalue weighted by atomic mass is 32.2. The second-order valence-corrected chi connectivity index (χ2v) is 10.2. The minimum absolute atomic E-state index is 0.515. The van der Waals surface area contributed by atoms with Crippen LogP contribution in [0.4, 0.5) is 5.13 Å². The van der Waals surface area contributed by atoms with Gasteiger partial charge in [-0.25, -0.2) is 4.98 Å². The number of fused-ring (bicyclic) bond motifs is 1. The van der Waals surface area contributed by atoms with E-state index in [0.717, 1.165) is 40.8 Å². The van der Waals surface area contributed by atoms with Crippen molar-refractivity contribution < 1.29 is 4.74 Å². The summed E-state index contributed by atoms with van der Waals surface area (Å²) in [4.78, 5) is 8.21. The molecule has 1 aliphatic carbocycles. The van der Waals surface area contributed by atoms with Crippen molar-refractivity contribution in [2.24, 2.45) is 5.92 Å². The van der Waals surface area contributed by atoms with Crippen molar-refractivity contribution in [1.29, 1.82) is 0 Å². The number of rotatable bonds is 5. The lowest BCUT2D eigenvalue weighted by atomic mass is 9.78. The molecule has 5 nitrogen and oxygen atoms in total. The van der Waals surface area contributed by atoms with Crippen LogP contribution in [0.3, 0.4) is 0 Å². The maximum atomic E-state index is 6.11. The lowest BCUT2D eigenvalue weighted by Gasteiger charge is -2.47. The number of nitrogens with zero attached hydrogens (tertiary/aromatic N) is 3. The van der Waals surface area contributed by atoms with E-state index in [4.69, 9.17) is 4.74 Å². The number of ether oxygens (including phenoxy) is 1. The Morgan fingerprint density at radius 1 is 1.07 bits per heavy atom. The Labute approximate surface area is 181 Å². The summed E-state index contributed by atoms with van der Waals surface area (Å²) in [6.45, 7) is 2.07. The molecule has 1 saturated carbocycles. The molecular weight excluding hydrogens is 400 g/mol. The maximum absolute atomic E-state index is 6.11. The highest BCUT2D eigenvalue weighted by Gasteiger charge is 2.37. The van der Waals surface area contributed by atoms with Crippen LogP contribution in [0.1, 0.15) is 69.4 Å². The van der Waals surface area contributed by atoms with Gasteiger partial charge < -0.3 is 9.46 Å². The van der Waals surface area contributed by atoms with Gasteiger partial charge in [0.2, 0.25) is 5.13 Å². The fourth-order valence-electron chi connectivity index (χ4n) is 5.47. The van der Waals surface area contributed by atoms with Crippen molar-refractivity contribution in [3.8, 4) is 5.75 Å². The highest BCUT2D eigenvalue weighted by Crippen LogP contribution is 2.43. The van der Waals surface area contributed by atoms with E-state index in [1.165, 1.54) is 75.0 Å². The molecule has 0 bridgehead atoms. The van der Waals surface area contributed by atoms with E-state index in [-0.39, 0.29) is 0 Å². The Balaban J connectivity index is 1.33. The van der Waals surface area contributed by atoms with Crippen LogP contribution in [0.2, 0.25) is 0 Å². The summed E-state index contributed by atoms with van der Waals surface area (Å²) in [5, 5.41) is 0.829. The first-order chi connectivity index (χ1) is 14.4. The Hall–Kier alpha value is -1.31. The molecule has 3 aliphatic rings. The molecule has 0 radical (unpaired) electrons. The van der Waals surface area contributed by atoms with E-state index in [0.29, 0.717) is 6.04 Å². The topological polar surface area (TPSA) is 50.3 Å². The summed E-state index contributed by atoms with van der Waals surface area (Å²) in [6, 6.07) is 8.00. The van der Waals surface area contributed by atoms with Gasteiger partial charge in [-0.1, -0.05) is 31.7 Å². The van der Waals surface area contributed by atoms with Crippen LogP contribution >= 0.6 is 23.5 Å². The number of likely N-dealkylation sites (tertiary alicyclic amines) is 1. The van der Waals surface area contributed by atoms with E-state index >= 15 is 0 Å². The first-order valence-electron chi connectivity index (χ1n) is 11.1. The summed E-state index contributed by atoms with van der Waals surface area (Å²) in [5.74, 6) is 1.97. The average molecular weight is 431 g/mol. The van der Waals surface area contributed by atoms with Crippen LogP contribution in [0.15, 0.2) is 29.4 Å². The molecule has 2 aliphatic heterocycles. The number of hydrogen-bond donors (Lipinski definition) is 1. The van der Waals surface area contributed by atoms with Crippen molar-refractivity contribution in [1.82, 2.24) is 14.3 Å². The third kappa shape index (κ3) is 4.42. The third-order valence-electron chi connectivity index (χ3n) is 6.80. The van der Waals surface area contributed by atoms with Gasteiger partial charge in [0.1, 0.15) is 12.1 Å². The zero-order valence-corrected chi connectivity index (χ0v) is 18.5. The Bertz CT molecular complexity index is 794. The lowest BCUT2D eigenvalue weighted by Crippen LogP contribution is -2.47. The largest absolute Gasteiger partial charge is 0.493 e. The number of benzene rings is 1. The summed E-state index contributed by atoms with van der Waals surface area (Å²) >= 11 is 2.95. The summed E-state index contributed by atoms with van der Waals surface area (Å²) < 4.78 is 13.4. The van der Waals surface area contributed by atoms with Crippen molar-refractivity contribution >= 4 is 28.6 Å². The van der Waals surface area contributed by atoms with Crippen LogP contribution in [-0.4, -0.2) is 33.5 Å². The second-order valence-electron chi connectivity index (χ2n) is 8.50. The van der Waals surface area contributed by atoms with Crippen LogP contribution in [0, 0.1) is 5.92 Å². The SMILES string of the molecule is c1nsc(NSc2ccc3c(c2)OCC[C@@H]3N2CCCC[C@@H]2C2CCCCC2)n1. The molecule has 0 spiro atoms. The van der Waals surface area contributed by atoms with Crippen LogP contribution in [-0.2, 0) is 0 Å². The monoisotopic (exact) mass is 430 g/mol. The van der Waals surface area contributed by atoms with Gasteiger partial charge >= 0.3 is 0 Å². The van der Waals surface area contributed by atoms with Crippen LogP contribution in [0.25, 0.3) is 0 Å². The minimum Gasteiger partial charge on any atom is -0.493 e. The molecule has 0 unspecified atom stereocenters. The van der Waals surface area contributed by atoms with Gasteiger partial charge in [-0.3, -0.25) is 4.90 Å². The Morgan fingerprint density at radius 2 is 1.97 bits per heavy atom. The van der Waals surface area contributed by atoms with Crippen LogP contribution < -0.4 is 9.46 Å². The molecular formula is C22H30N4OS2. The summed E-state index contributed by atoms with van der Waals surface area (Å²) in [6.07, 6.45) is 14.0. The number of anilines is 1. The standard InChI is InChI=1S/C22H30N4OS2/c1-2-6-16(7-3-1)19-8-4-5-12-26(19)20-11-13-27-21-14-17(9-10-18(20)21)28-25-22-23-15-24-29-22/h9-10,14-16,19-20H,1-8,11-13H2,(H,23,24,25)/t19-,20+/m1/s1. The van der Waals surface area contributed by atoms with E-state index in [2.05, 4.69) is 37.2 Å². The van der Waals surface area contributed by atoms with Gasteiger partial charge in [-0.2, -0.15) is 4.37 Å². The zero-order valence-electron chi connectivity index (χ0n) is 16.9. The molecule has 1 aromatic heterocycles. The molecule has 156 valence electrons. The van der Waals surface area contributed by atoms with Gasteiger partial charge in [0, 0.05) is 40.5 Å². The minimum atomic E-state index is 0.515. The highest BCUT2D eigenvalue weighted by molar-refractivity contribution is 8.00. The average Bonchev–Trinajstić information content (AvgIpc) is 3.31. The fraction of sp³-hybridized carbons (Fsp3) is 0.636. The number of nitrogens with one attached hydrogen (secondary N) is 1. The van der Waals surface area contributed by atoms with Gasteiger partial charge in [0.15, 0.2) is 0 Å². The van der Waals surface area contributed by atoms with Crippen molar-refractivity contribution in [2.45, 2.75) is 74.8 Å². The molecule has 2 aromatic rings. The van der Waals surface area contributed by atoms with Crippen molar-refractivity contribution in [2.75, 3.05) is 17.9 Å². The molecule has 1 N–H and O–H groups in total. The molecule has 2 fully saturated rings. The molecule has 2 atom stereocenters. The van der Waals surface area contributed by atoms with Crippen molar-refractivity contribution in [3.05, 3.63) is 30.1 Å². The zero-order chi connectivity index (χ0) is 19.5. The number of hydrogen-bond acceptors (Lipinski definition) is 7. The van der Waals surface area contributed by atoms with Gasteiger partial charge in [0.25, 0.3) is 0 Å². The van der Waals surface area contributed by atoms with E-state index in [1.54, 1.807) is 18.3 Å². The predicted molar refractivity (Wildman–Crippen MR) is 120 cm³/mol. The molecule has 5 rings (SSSR count). The van der Waals surface area contributed by atoms with Crippen molar-refractivity contribution in [3.63, 3.8) is 0 Å². The summed E-state index contributed by atoms with van der Waals surface area (Å²) in [7, 11) is 0. The fourth-order valence-corrected chi connectivity index (χ4v) is 6.59. The first-order valence-corrected chi connectivity index (χ1v) is 12.7. The Morgan fingerprint density at radius 3 is 2.83 bits per heavy atom. The smallest absolute Gasteiger partial charge is 0.212 e. The maximum Gasteiger partial charge on any atom is 0.212 e. The molecule has 0 amide bonds. The first kappa shape index (κ1) is 19.6. The van der Waals surface area contributed by atoms with Gasteiger partial charge in [-0.15, -0.1) is 0 Å². The normalized spacial score (nSPS) is 25.9. The summed E-state index contributed by atoms with van der Waals surface area (Å²) in [5.41, 5.74) is 1.39. The Kier molecular flexibility index (Phi) is 6.25. The molecule has 3 heterocycles. The quantitative estimate of drug-likeness (QED) is 0.595. The molecule has 1 saturated heterocycles. The predicted octanol–water partition coefficient (Wildman–Crippen LogP) is 5.92. The van der Waals surface area contributed by atoms with Crippen LogP contribution in [0.5, 0.6) is 5.75 Å². The van der Waals surface area contributed by atoms with E-state index < -0.39 is 0 Å². The number of piperidine rings is 1.